The fourth-order valence-electron chi connectivity index (χ4n) is 4.72. The number of nitrogens with zero attached hydrogens (tertiary/aromatic N) is 1. The van der Waals surface area contributed by atoms with Crippen LogP contribution in [0.4, 0.5) is 22.4 Å². The molecule has 0 aliphatic carbocycles. The van der Waals surface area contributed by atoms with Gasteiger partial charge in [-0.1, -0.05) is 29.8 Å². The van der Waals surface area contributed by atoms with Crippen molar-refractivity contribution in [3.8, 4) is 22.4 Å². The standard InChI is InChI=1S/C29H26ClF4N5O5/c30-22-8-16(3-4-23(22)31)25(13-40)38-27(41)24-9-18(11-35-24)26-20(12-37-39-26)15-1-2-17(21(7-15)29(32,33)34)10-36-28(42)44-19-5-6-43-14-19/h1-4,7-9,11-12,19,25,35,40H,5-6,10,13-14H2,(H,36,42)(H,37,39)(H,38,41). The predicted molar refractivity (Wildman–Crippen MR) is 150 cm³/mol. The normalized spacial score (nSPS) is 15.6. The number of aromatic nitrogens is 3. The van der Waals surface area contributed by atoms with Gasteiger partial charge in [0.25, 0.3) is 5.91 Å². The highest BCUT2D eigenvalue weighted by atomic mass is 35.5. The number of carbonyl (C=O) groups is 2. The lowest BCUT2D eigenvalue weighted by Gasteiger charge is -2.16. The molecule has 5 rings (SSSR count). The number of alkyl carbamates (subject to hydrolysis) is 1. The van der Waals surface area contributed by atoms with Gasteiger partial charge in [0, 0.05) is 30.3 Å². The predicted octanol–water partition coefficient (Wildman–Crippen LogP) is 5.36. The maximum atomic E-state index is 14.1. The van der Waals surface area contributed by atoms with Gasteiger partial charge in [-0.15, -0.1) is 0 Å². The van der Waals surface area contributed by atoms with Gasteiger partial charge < -0.3 is 30.2 Å². The van der Waals surface area contributed by atoms with E-state index in [4.69, 9.17) is 21.1 Å². The summed E-state index contributed by atoms with van der Waals surface area (Å²) >= 11 is 5.82. The van der Waals surface area contributed by atoms with Crippen molar-refractivity contribution in [3.63, 3.8) is 0 Å². The SMILES string of the molecule is O=C(NCc1ccc(-c2cn[nH]c2-c2c[nH]c(C(=O)NC(CO)c3ccc(F)c(Cl)c3)c2)cc1C(F)(F)F)OC1CCOC1. The van der Waals surface area contributed by atoms with Crippen LogP contribution in [0.5, 0.6) is 0 Å². The molecule has 1 fully saturated rings. The minimum absolute atomic E-state index is 0.0839. The highest BCUT2D eigenvalue weighted by Gasteiger charge is 2.34. The van der Waals surface area contributed by atoms with Crippen molar-refractivity contribution in [2.24, 2.45) is 0 Å². The Balaban J connectivity index is 1.33. The lowest BCUT2D eigenvalue weighted by Crippen LogP contribution is -2.31. The number of benzene rings is 2. The molecule has 1 saturated heterocycles. The molecule has 2 atom stereocenters. The van der Waals surface area contributed by atoms with Crippen molar-refractivity contribution in [1.29, 1.82) is 0 Å². The van der Waals surface area contributed by atoms with Crippen LogP contribution in [0, 0.1) is 5.82 Å². The van der Waals surface area contributed by atoms with E-state index in [0.717, 1.165) is 12.1 Å². The molecule has 0 saturated carbocycles. The van der Waals surface area contributed by atoms with E-state index in [9.17, 15) is 32.3 Å². The zero-order chi connectivity index (χ0) is 31.4. The summed E-state index contributed by atoms with van der Waals surface area (Å²) in [7, 11) is 0. The number of hydrogen-bond acceptors (Lipinski definition) is 6. The quantitative estimate of drug-likeness (QED) is 0.157. The van der Waals surface area contributed by atoms with E-state index in [1.807, 2.05) is 0 Å². The molecule has 0 bridgehead atoms. The molecule has 10 nitrogen and oxygen atoms in total. The third kappa shape index (κ3) is 7.04. The van der Waals surface area contributed by atoms with Gasteiger partial charge in [0.15, 0.2) is 0 Å². The molecule has 232 valence electrons. The van der Waals surface area contributed by atoms with Crippen LogP contribution in [0.25, 0.3) is 22.4 Å². The van der Waals surface area contributed by atoms with E-state index >= 15 is 0 Å². The summed E-state index contributed by atoms with van der Waals surface area (Å²) in [5.41, 5.74) is 0.641. The molecule has 1 aliphatic rings. The fourth-order valence-corrected chi connectivity index (χ4v) is 4.91. The van der Waals surface area contributed by atoms with Crippen molar-refractivity contribution in [2.75, 3.05) is 19.8 Å². The van der Waals surface area contributed by atoms with Gasteiger partial charge in [-0.3, -0.25) is 9.89 Å². The second-order valence-electron chi connectivity index (χ2n) is 9.96. The van der Waals surface area contributed by atoms with E-state index in [0.29, 0.717) is 35.4 Å². The van der Waals surface area contributed by atoms with Crippen LogP contribution in [-0.4, -0.2) is 58.2 Å². The zero-order valence-corrected chi connectivity index (χ0v) is 23.6. The Morgan fingerprint density at radius 3 is 2.70 bits per heavy atom. The van der Waals surface area contributed by atoms with Crippen molar-refractivity contribution in [1.82, 2.24) is 25.8 Å². The number of aromatic amines is 2. The molecule has 2 amide bonds. The number of halogens is 5. The highest BCUT2D eigenvalue weighted by molar-refractivity contribution is 6.30. The van der Waals surface area contributed by atoms with Gasteiger partial charge in [-0.25, -0.2) is 9.18 Å². The first-order chi connectivity index (χ1) is 21.0. The van der Waals surface area contributed by atoms with Gasteiger partial charge in [-0.05, 0) is 41.0 Å². The molecule has 2 aromatic carbocycles. The molecule has 1 aliphatic heterocycles. The number of ether oxygens (including phenoxy) is 2. The molecule has 0 radical (unpaired) electrons. The zero-order valence-electron chi connectivity index (χ0n) is 22.8. The highest BCUT2D eigenvalue weighted by Crippen LogP contribution is 2.37. The summed E-state index contributed by atoms with van der Waals surface area (Å²) in [6, 6.07) is 8.06. The third-order valence-corrected chi connectivity index (χ3v) is 7.29. The molecule has 3 heterocycles. The second-order valence-corrected chi connectivity index (χ2v) is 10.4. The molecule has 15 heteroatoms. The molecule has 2 unspecified atom stereocenters. The maximum absolute atomic E-state index is 14.1. The molecular formula is C29H26ClF4N5O5. The summed E-state index contributed by atoms with van der Waals surface area (Å²) in [6.07, 6.45) is -2.66. The average Bonchev–Trinajstić information content (AvgIpc) is 3.78. The number of alkyl halides is 3. The van der Waals surface area contributed by atoms with Crippen LogP contribution in [0.1, 0.15) is 39.6 Å². The van der Waals surface area contributed by atoms with Gasteiger partial charge >= 0.3 is 12.3 Å². The number of amides is 2. The Morgan fingerprint density at radius 1 is 1.18 bits per heavy atom. The summed E-state index contributed by atoms with van der Waals surface area (Å²) in [6.45, 7) is -0.211. The topological polar surface area (TPSA) is 141 Å². The molecular weight excluding hydrogens is 610 g/mol. The molecule has 44 heavy (non-hydrogen) atoms. The largest absolute Gasteiger partial charge is 0.444 e. The Hall–Kier alpha value is -4.40. The number of hydrogen-bond donors (Lipinski definition) is 5. The summed E-state index contributed by atoms with van der Waals surface area (Å²) in [5, 5.41) is 21.3. The Morgan fingerprint density at radius 2 is 2.00 bits per heavy atom. The second kappa shape index (κ2) is 13.1. The molecule has 0 spiro atoms. The van der Waals surface area contributed by atoms with E-state index in [1.165, 1.54) is 42.7 Å². The fraction of sp³-hybridized carbons (Fsp3) is 0.276. The molecule has 5 N–H and O–H groups in total. The van der Waals surface area contributed by atoms with Crippen molar-refractivity contribution < 1.29 is 41.7 Å². The summed E-state index contributed by atoms with van der Waals surface area (Å²) in [5.74, 6) is -1.25. The minimum Gasteiger partial charge on any atom is -0.444 e. The van der Waals surface area contributed by atoms with E-state index in [-0.39, 0.29) is 28.5 Å². The minimum atomic E-state index is -4.72. The number of aliphatic hydroxyl groups is 1. The van der Waals surface area contributed by atoms with Crippen molar-refractivity contribution in [2.45, 2.75) is 31.3 Å². The first kappa shape index (κ1) is 31.0. The van der Waals surface area contributed by atoms with Crippen LogP contribution in [-0.2, 0) is 22.2 Å². The lowest BCUT2D eigenvalue weighted by molar-refractivity contribution is -0.138. The molecule has 4 aromatic rings. The Kier molecular flexibility index (Phi) is 9.22. The number of H-pyrrole nitrogens is 2. The van der Waals surface area contributed by atoms with E-state index in [2.05, 4.69) is 25.8 Å². The van der Waals surface area contributed by atoms with Gasteiger partial charge in [0.1, 0.15) is 17.6 Å². The maximum Gasteiger partial charge on any atom is 0.416 e. The Labute approximate surface area is 252 Å². The lowest BCUT2D eigenvalue weighted by atomic mass is 9.97. The van der Waals surface area contributed by atoms with Crippen LogP contribution in [0.3, 0.4) is 0 Å². The van der Waals surface area contributed by atoms with Crippen LogP contribution in [0.2, 0.25) is 5.02 Å². The summed E-state index contributed by atoms with van der Waals surface area (Å²) in [4.78, 5) is 27.8. The first-order valence-electron chi connectivity index (χ1n) is 13.3. The smallest absolute Gasteiger partial charge is 0.416 e. The number of aliphatic hydroxyl groups excluding tert-OH is 1. The first-order valence-corrected chi connectivity index (χ1v) is 13.7. The van der Waals surface area contributed by atoms with Gasteiger partial charge in [0.05, 0.1) is 48.3 Å². The Bertz CT molecular complexity index is 1650. The van der Waals surface area contributed by atoms with Crippen molar-refractivity contribution in [3.05, 3.63) is 88.1 Å². The monoisotopic (exact) mass is 635 g/mol. The van der Waals surface area contributed by atoms with E-state index in [1.54, 1.807) is 0 Å². The van der Waals surface area contributed by atoms with Gasteiger partial charge in [-0.2, -0.15) is 18.3 Å². The third-order valence-electron chi connectivity index (χ3n) is 7.00. The van der Waals surface area contributed by atoms with Crippen LogP contribution >= 0.6 is 11.6 Å². The van der Waals surface area contributed by atoms with Crippen LogP contribution < -0.4 is 10.6 Å². The van der Waals surface area contributed by atoms with Gasteiger partial charge in [0.2, 0.25) is 0 Å². The number of rotatable bonds is 9. The number of nitrogens with one attached hydrogen (secondary N) is 4. The van der Waals surface area contributed by atoms with Crippen molar-refractivity contribution >= 4 is 23.6 Å². The number of carbonyl (C=O) groups excluding carboxylic acids is 2. The van der Waals surface area contributed by atoms with Crippen LogP contribution in [0.15, 0.2) is 54.9 Å². The molecule has 2 aromatic heterocycles. The average molecular weight is 636 g/mol. The summed E-state index contributed by atoms with van der Waals surface area (Å²) < 4.78 is 66.0. The van der Waals surface area contributed by atoms with E-state index < -0.39 is 54.9 Å².